The molecule has 1 N–H and O–H groups in total. The van der Waals surface area contributed by atoms with Gasteiger partial charge in [0.2, 0.25) is 0 Å². The van der Waals surface area contributed by atoms with Crippen molar-refractivity contribution in [2.45, 2.75) is 12.5 Å². The minimum Gasteiger partial charge on any atom is -0.316 e. The molecule has 0 aromatic heterocycles. The molecule has 0 bridgehead atoms. The van der Waals surface area contributed by atoms with E-state index < -0.39 is 9.84 Å². The second-order valence-corrected chi connectivity index (χ2v) is 4.62. The van der Waals surface area contributed by atoms with Crippen molar-refractivity contribution in [2.75, 3.05) is 18.6 Å². The Kier molecular flexibility index (Phi) is 1.77. The first-order valence-corrected chi connectivity index (χ1v) is 4.84. The summed E-state index contributed by atoms with van der Waals surface area (Å²) in [7, 11) is -0.873. The van der Waals surface area contributed by atoms with Crippen LogP contribution in [0.15, 0.2) is 0 Å². The van der Waals surface area contributed by atoms with Crippen molar-refractivity contribution in [1.29, 1.82) is 0 Å². The van der Waals surface area contributed by atoms with E-state index in [4.69, 9.17) is 0 Å². The molecule has 1 fully saturated rings. The van der Waals surface area contributed by atoms with Gasteiger partial charge in [-0.15, -0.1) is 0 Å². The standard InChI is InChI=1S/C5H11NO2S/c1-6-5-2-3-9(7,8)4-5/h5-6H,2-4H2,1H3. The third kappa shape index (κ3) is 1.66. The Morgan fingerprint density at radius 1 is 1.56 bits per heavy atom. The molecule has 9 heavy (non-hydrogen) atoms. The fraction of sp³-hybridized carbons (Fsp3) is 1.00. The van der Waals surface area contributed by atoms with Crippen LogP contribution in [0.1, 0.15) is 6.42 Å². The minimum atomic E-state index is -2.67. The highest BCUT2D eigenvalue weighted by Gasteiger charge is 2.25. The van der Waals surface area contributed by atoms with E-state index in [0.29, 0.717) is 11.5 Å². The number of hydrogen-bond acceptors (Lipinski definition) is 3. The SMILES string of the molecule is CNC1CCS(=O)(=O)C1. The highest BCUT2D eigenvalue weighted by atomic mass is 32.2. The summed E-state index contributed by atoms with van der Waals surface area (Å²) in [5, 5.41) is 2.94. The van der Waals surface area contributed by atoms with Gasteiger partial charge in [0.05, 0.1) is 11.5 Å². The van der Waals surface area contributed by atoms with Gasteiger partial charge in [-0.3, -0.25) is 0 Å². The first-order chi connectivity index (χ1) is 4.14. The van der Waals surface area contributed by atoms with Crippen LogP contribution >= 0.6 is 0 Å². The predicted molar refractivity (Wildman–Crippen MR) is 36.1 cm³/mol. The van der Waals surface area contributed by atoms with E-state index >= 15 is 0 Å². The molecule has 0 spiro atoms. The number of rotatable bonds is 1. The van der Waals surface area contributed by atoms with Crippen molar-refractivity contribution >= 4 is 9.84 Å². The van der Waals surface area contributed by atoms with Crippen molar-refractivity contribution in [3.05, 3.63) is 0 Å². The summed E-state index contributed by atoms with van der Waals surface area (Å²) in [5.41, 5.74) is 0. The van der Waals surface area contributed by atoms with Crippen molar-refractivity contribution in [3.8, 4) is 0 Å². The van der Waals surface area contributed by atoms with Crippen LogP contribution < -0.4 is 5.32 Å². The highest BCUT2D eigenvalue weighted by Crippen LogP contribution is 2.09. The summed E-state index contributed by atoms with van der Waals surface area (Å²) in [5.74, 6) is 0.683. The van der Waals surface area contributed by atoms with Crippen LogP contribution in [-0.4, -0.2) is 33.0 Å². The van der Waals surface area contributed by atoms with Gasteiger partial charge in [0, 0.05) is 6.04 Å². The van der Waals surface area contributed by atoms with Crippen LogP contribution in [0.5, 0.6) is 0 Å². The molecule has 0 radical (unpaired) electrons. The van der Waals surface area contributed by atoms with Crippen molar-refractivity contribution in [3.63, 3.8) is 0 Å². The molecule has 1 atom stereocenters. The Morgan fingerprint density at radius 2 is 2.22 bits per heavy atom. The molecule has 1 saturated heterocycles. The number of sulfone groups is 1. The molecule has 0 aliphatic carbocycles. The average Bonchev–Trinajstić information content (AvgIpc) is 2.10. The lowest BCUT2D eigenvalue weighted by atomic mass is 10.3. The summed E-state index contributed by atoms with van der Waals surface area (Å²) in [4.78, 5) is 0. The van der Waals surface area contributed by atoms with E-state index in [2.05, 4.69) is 5.32 Å². The Balaban J connectivity index is 2.58. The van der Waals surface area contributed by atoms with E-state index in [0.717, 1.165) is 6.42 Å². The van der Waals surface area contributed by atoms with Crippen LogP contribution in [0.3, 0.4) is 0 Å². The van der Waals surface area contributed by atoms with Gasteiger partial charge in [-0.05, 0) is 13.5 Å². The van der Waals surface area contributed by atoms with E-state index in [1.165, 1.54) is 0 Å². The molecule has 0 amide bonds. The first kappa shape index (κ1) is 7.02. The fourth-order valence-corrected chi connectivity index (χ4v) is 2.78. The predicted octanol–water partition coefficient (Wildman–Crippen LogP) is -0.607. The van der Waals surface area contributed by atoms with E-state index in [-0.39, 0.29) is 6.04 Å². The average molecular weight is 149 g/mol. The van der Waals surface area contributed by atoms with Crippen molar-refractivity contribution in [2.24, 2.45) is 0 Å². The third-order valence-corrected chi connectivity index (χ3v) is 3.41. The largest absolute Gasteiger partial charge is 0.316 e. The lowest BCUT2D eigenvalue weighted by Crippen LogP contribution is -2.25. The van der Waals surface area contributed by atoms with E-state index in [1.54, 1.807) is 7.05 Å². The minimum absolute atomic E-state index is 0.204. The zero-order valence-corrected chi connectivity index (χ0v) is 6.24. The highest BCUT2D eigenvalue weighted by molar-refractivity contribution is 7.91. The van der Waals surface area contributed by atoms with Crippen molar-refractivity contribution < 1.29 is 8.42 Å². The smallest absolute Gasteiger partial charge is 0.151 e. The molecule has 1 aliphatic heterocycles. The van der Waals surface area contributed by atoms with Gasteiger partial charge in [-0.2, -0.15) is 0 Å². The lowest BCUT2D eigenvalue weighted by molar-refractivity contribution is 0.596. The molecule has 1 unspecified atom stereocenters. The summed E-state index contributed by atoms with van der Waals surface area (Å²) in [6.07, 6.45) is 0.777. The number of nitrogens with one attached hydrogen (secondary N) is 1. The quantitative estimate of drug-likeness (QED) is 0.541. The second-order valence-electron chi connectivity index (χ2n) is 2.39. The maximum Gasteiger partial charge on any atom is 0.151 e. The summed E-state index contributed by atoms with van der Waals surface area (Å²) in [6, 6.07) is 0.204. The van der Waals surface area contributed by atoms with Crippen LogP contribution in [-0.2, 0) is 9.84 Å². The summed E-state index contributed by atoms with van der Waals surface area (Å²) in [6.45, 7) is 0. The maximum atomic E-state index is 10.8. The zero-order chi connectivity index (χ0) is 6.91. The molecule has 1 aliphatic rings. The summed E-state index contributed by atoms with van der Waals surface area (Å²) >= 11 is 0. The van der Waals surface area contributed by atoms with E-state index in [9.17, 15) is 8.42 Å². The Morgan fingerprint density at radius 3 is 2.44 bits per heavy atom. The molecular formula is C5H11NO2S. The van der Waals surface area contributed by atoms with Crippen LogP contribution in [0, 0.1) is 0 Å². The molecule has 4 heteroatoms. The van der Waals surface area contributed by atoms with Crippen LogP contribution in [0.4, 0.5) is 0 Å². The van der Waals surface area contributed by atoms with Gasteiger partial charge in [-0.25, -0.2) is 8.42 Å². The topological polar surface area (TPSA) is 46.2 Å². The first-order valence-electron chi connectivity index (χ1n) is 3.02. The Hall–Kier alpha value is -0.0900. The van der Waals surface area contributed by atoms with Gasteiger partial charge < -0.3 is 5.32 Å². The summed E-state index contributed by atoms with van der Waals surface area (Å²) < 4.78 is 21.5. The van der Waals surface area contributed by atoms with Gasteiger partial charge in [0.25, 0.3) is 0 Å². The molecule has 0 saturated carbocycles. The van der Waals surface area contributed by atoms with Gasteiger partial charge in [-0.1, -0.05) is 0 Å². The maximum absolute atomic E-state index is 10.8. The van der Waals surface area contributed by atoms with Gasteiger partial charge >= 0.3 is 0 Å². The molecular weight excluding hydrogens is 138 g/mol. The monoisotopic (exact) mass is 149 g/mol. The second kappa shape index (κ2) is 2.27. The van der Waals surface area contributed by atoms with Gasteiger partial charge in [0.1, 0.15) is 0 Å². The van der Waals surface area contributed by atoms with Crippen molar-refractivity contribution in [1.82, 2.24) is 5.32 Å². The Bertz CT molecular complexity index is 185. The Labute approximate surface area is 55.4 Å². The zero-order valence-electron chi connectivity index (χ0n) is 5.42. The molecule has 54 valence electrons. The fourth-order valence-electron chi connectivity index (χ4n) is 1.02. The molecule has 1 heterocycles. The molecule has 3 nitrogen and oxygen atoms in total. The third-order valence-electron chi connectivity index (χ3n) is 1.64. The lowest BCUT2D eigenvalue weighted by Gasteiger charge is -2.01. The van der Waals surface area contributed by atoms with Crippen LogP contribution in [0.25, 0.3) is 0 Å². The van der Waals surface area contributed by atoms with E-state index in [1.807, 2.05) is 0 Å². The molecule has 0 aromatic rings. The molecule has 0 aromatic carbocycles. The van der Waals surface area contributed by atoms with Crippen LogP contribution in [0.2, 0.25) is 0 Å². The number of hydrogen-bond donors (Lipinski definition) is 1. The molecule has 1 rings (SSSR count). The normalized spacial score (nSPS) is 32.8. The van der Waals surface area contributed by atoms with Gasteiger partial charge in [0.15, 0.2) is 9.84 Å².